The minimum absolute atomic E-state index is 0.101. The van der Waals surface area contributed by atoms with Crippen LogP contribution in [0.4, 0.5) is 11.4 Å². The number of carbonyl (C=O) groups is 1. The zero-order chi connectivity index (χ0) is 24.6. The van der Waals surface area contributed by atoms with Gasteiger partial charge in [0.25, 0.3) is 5.91 Å². The van der Waals surface area contributed by atoms with Crippen LogP contribution >= 0.6 is 11.6 Å². The summed E-state index contributed by atoms with van der Waals surface area (Å²) in [5.41, 5.74) is 4.61. The van der Waals surface area contributed by atoms with E-state index in [1.807, 2.05) is 12.1 Å². The normalized spacial score (nSPS) is 23.2. The molecule has 36 heavy (non-hydrogen) atoms. The van der Waals surface area contributed by atoms with E-state index in [1.54, 1.807) is 31.6 Å². The molecule has 5 heterocycles. The zero-order valence-electron chi connectivity index (χ0n) is 20.3. The molecule has 0 spiro atoms. The Labute approximate surface area is 215 Å². The number of hydrogen-bond acceptors (Lipinski definition) is 6. The van der Waals surface area contributed by atoms with Crippen molar-refractivity contribution in [3.63, 3.8) is 0 Å². The second kappa shape index (κ2) is 9.67. The Hall–Kier alpha value is -3.23. The number of halogens is 1. The molecule has 1 fully saturated rings. The SMILES string of the molecule is COc1ccc(Cl)cc1Nc1c2[nH]c3c1C(=O)NC[C@@H]3CCCN1CC[C@@H](COc3cnccc3-2)C1. The van der Waals surface area contributed by atoms with Gasteiger partial charge in [-0.05, 0) is 56.6 Å². The van der Waals surface area contributed by atoms with Gasteiger partial charge in [0.15, 0.2) is 0 Å². The molecule has 3 aliphatic heterocycles. The van der Waals surface area contributed by atoms with E-state index in [0.29, 0.717) is 52.5 Å². The van der Waals surface area contributed by atoms with Gasteiger partial charge in [-0.15, -0.1) is 0 Å². The van der Waals surface area contributed by atoms with Gasteiger partial charge in [-0.1, -0.05) is 11.6 Å². The van der Waals surface area contributed by atoms with E-state index in [-0.39, 0.29) is 11.8 Å². The highest BCUT2D eigenvalue weighted by Crippen LogP contribution is 2.44. The quantitative estimate of drug-likeness (QED) is 0.471. The standard InChI is InChI=1S/C27H30ClN5O3/c1-35-21-5-4-18(28)11-20(21)31-26-23-24-17(12-30-27(23)34)3-2-9-33-10-7-16(14-33)15-36-22-13-29-8-6-19(22)25(26)32-24/h4-6,8,11,13,16-17,31-32H,2-3,7,9-10,12,14-15H2,1H3,(H,30,34)/t16-,17+/m1/s1. The molecule has 1 unspecified atom stereocenters. The van der Waals surface area contributed by atoms with Gasteiger partial charge in [0.1, 0.15) is 11.5 Å². The molecule has 1 saturated heterocycles. The number of benzene rings is 1. The number of methoxy groups -OCH3 is 1. The third-order valence-corrected chi connectivity index (χ3v) is 7.75. The smallest absolute Gasteiger partial charge is 0.255 e. The number of pyridine rings is 1. The van der Waals surface area contributed by atoms with Gasteiger partial charge in [0, 0.05) is 47.4 Å². The van der Waals surface area contributed by atoms with Crippen LogP contribution in [0.5, 0.6) is 11.5 Å². The van der Waals surface area contributed by atoms with E-state index >= 15 is 0 Å². The first-order valence-electron chi connectivity index (χ1n) is 12.5. The molecule has 4 bridgehead atoms. The summed E-state index contributed by atoms with van der Waals surface area (Å²) in [7, 11) is 1.62. The third kappa shape index (κ3) is 4.29. The van der Waals surface area contributed by atoms with E-state index in [1.165, 1.54) is 0 Å². The van der Waals surface area contributed by atoms with Gasteiger partial charge >= 0.3 is 0 Å². The lowest BCUT2D eigenvalue weighted by molar-refractivity contribution is 0.0939. The number of fused-ring (bicyclic) bond motifs is 5. The Bertz CT molecular complexity index is 1290. The second-order valence-electron chi connectivity index (χ2n) is 9.82. The maximum absolute atomic E-state index is 13.3. The maximum Gasteiger partial charge on any atom is 0.255 e. The molecule has 3 aliphatic rings. The molecule has 188 valence electrons. The van der Waals surface area contributed by atoms with E-state index in [0.717, 1.165) is 55.8 Å². The number of carbonyl (C=O) groups excluding carboxylic acids is 1. The maximum atomic E-state index is 13.3. The molecule has 3 N–H and O–H groups in total. The molecule has 8 nitrogen and oxygen atoms in total. The van der Waals surface area contributed by atoms with Gasteiger partial charge < -0.3 is 30.0 Å². The molecular weight excluding hydrogens is 478 g/mol. The number of anilines is 2. The predicted octanol–water partition coefficient (Wildman–Crippen LogP) is 4.80. The number of H-pyrrole nitrogens is 1. The monoisotopic (exact) mass is 507 g/mol. The van der Waals surface area contributed by atoms with Crippen molar-refractivity contribution in [3.8, 4) is 22.8 Å². The van der Waals surface area contributed by atoms with Crippen LogP contribution in [0.3, 0.4) is 0 Å². The highest BCUT2D eigenvalue weighted by Gasteiger charge is 2.34. The average Bonchev–Trinajstić information content (AvgIpc) is 3.49. The van der Waals surface area contributed by atoms with Crippen molar-refractivity contribution in [3.05, 3.63) is 52.9 Å². The van der Waals surface area contributed by atoms with Gasteiger partial charge in [0.2, 0.25) is 0 Å². The van der Waals surface area contributed by atoms with Crippen LogP contribution in [-0.2, 0) is 0 Å². The van der Waals surface area contributed by atoms with Crippen LogP contribution in [0.2, 0.25) is 5.02 Å². The van der Waals surface area contributed by atoms with Crippen molar-refractivity contribution < 1.29 is 14.3 Å². The summed E-state index contributed by atoms with van der Waals surface area (Å²) in [5.74, 6) is 1.93. The van der Waals surface area contributed by atoms with Gasteiger partial charge in [-0.2, -0.15) is 0 Å². The van der Waals surface area contributed by atoms with Gasteiger partial charge in [-0.3, -0.25) is 9.78 Å². The average molecular weight is 508 g/mol. The fourth-order valence-electron chi connectivity index (χ4n) is 5.68. The Morgan fingerprint density at radius 2 is 2.17 bits per heavy atom. The number of amides is 1. The molecule has 0 saturated carbocycles. The fraction of sp³-hybridized carbons (Fsp3) is 0.407. The first-order chi connectivity index (χ1) is 17.6. The molecular formula is C27H30ClN5O3. The largest absolute Gasteiger partial charge is 0.495 e. The van der Waals surface area contributed by atoms with Crippen molar-refractivity contribution in [2.24, 2.45) is 5.92 Å². The zero-order valence-corrected chi connectivity index (χ0v) is 21.0. The van der Waals surface area contributed by atoms with Crippen LogP contribution in [0.15, 0.2) is 36.7 Å². The van der Waals surface area contributed by atoms with Crippen molar-refractivity contribution in [1.29, 1.82) is 0 Å². The summed E-state index contributed by atoms with van der Waals surface area (Å²) in [4.78, 5) is 23.8. The van der Waals surface area contributed by atoms with E-state index in [2.05, 4.69) is 25.5 Å². The number of rotatable bonds is 3. The lowest BCUT2D eigenvalue weighted by Gasteiger charge is -2.25. The molecule has 3 atom stereocenters. The second-order valence-corrected chi connectivity index (χ2v) is 10.3. The van der Waals surface area contributed by atoms with Crippen LogP contribution in [0.1, 0.15) is 41.2 Å². The highest BCUT2D eigenvalue weighted by molar-refractivity contribution is 6.31. The number of aromatic nitrogens is 2. The first-order valence-corrected chi connectivity index (χ1v) is 12.9. The third-order valence-electron chi connectivity index (χ3n) is 7.52. The van der Waals surface area contributed by atoms with Crippen molar-refractivity contribution in [2.45, 2.75) is 25.2 Å². The fourth-order valence-corrected chi connectivity index (χ4v) is 5.85. The Kier molecular flexibility index (Phi) is 6.23. The molecule has 3 aromatic rings. The number of nitrogens with zero attached hydrogens (tertiary/aromatic N) is 2. The molecule has 9 heteroatoms. The summed E-state index contributed by atoms with van der Waals surface area (Å²) in [5, 5.41) is 7.18. The van der Waals surface area contributed by atoms with E-state index < -0.39 is 0 Å². The first kappa shape index (κ1) is 23.2. The molecule has 0 aliphatic carbocycles. The molecule has 2 aromatic heterocycles. The minimum atomic E-state index is -0.101. The Balaban J connectivity index is 1.51. The van der Waals surface area contributed by atoms with Gasteiger partial charge in [0.05, 0.1) is 42.5 Å². The lowest BCUT2D eigenvalue weighted by atomic mass is 9.92. The number of nitrogens with one attached hydrogen (secondary N) is 3. The molecule has 6 rings (SSSR count). The molecule has 0 radical (unpaired) electrons. The van der Waals surface area contributed by atoms with Crippen LogP contribution in [0, 0.1) is 5.92 Å². The Morgan fingerprint density at radius 3 is 3.06 bits per heavy atom. The van der Waals surface area contributed by atoms with Gasteiger partial charge in [-0.25, -0.2) is 0 Å². The minimum Gasteiger partial charge on any atom is -0.495 e. The number of aromatic amines is 1. The predicted molar refractivity (Wildman–Crippen MR) is 140 cm³/mol. The summed E-state index contributed by atoms with van der Waals surface area (Å²) in [6.07, 6.45) is 6.73. The molecule has 1 amide bonds. The number of ether oxygens (including phenoxy) is 2. The van der Waals surface area contributed by atoms with Crippen LogP contribution in [0.25, 0.3) is 11.3 Å². The van der Waals surface area contributed by atoms with Crippen LogP contribution < -0.4 is 20.1 Å². The summed E-state index contributed by atoms with van der Waals surface area (Å²) < 4.78 is 11.9. The van der Waals surface area contributed by atoms with E-state index in [4.69, 9.17) is 21.1 Å². The van der Waals surface area contributed by atoms with Crippen LogP contribution in [-0.4, -0.2) is 60.7 Å². The summed E-state index contributed by atoms with van der Waals surface area (Å²) >= 11 is 6.33. The molecule has 1 aromatic carbocycles. The Morgan fingerprint density at radius 1 is 1.25 bits per heavy atom. The summed E-state index contributed by atoms with van der Waals surface area (Å²) in [6, 6.07) is 7.33. The highest BCUT2D eigenvalue weighted by atomic mass is 35.5. The summed E-state index contributed by atoms with van der Waals surface area (Å²) in [6.45, 7) is 4.50. The topological polar surface area (TPSA) is 91.5 Å². The van der Waals surface area contributed by atoms with Crippen molar-refractivity contribution in [1.82, 2.24) is 20.2 Å². The lowest BCUT2D eigenvalue weighted by Crippen LogP contribution is -2.35. The van der Waals surface area contributed by atoms with Crippen molar-refractivity contribution in [2.75, 3.05) is 45.2 Å². The van der Waals surface area contributed by atoms with Crippen molar-refractivity contribution >= 4 is 28.9 Å². The number of hydrogen-bond donors (Lipinski definition) is 3. The van der Waals surface area contributed by atoms with E-state index in [9.17, 15) is 4.79 Å².